The Bertz CT molecular complexity index is 488. The number of rotatable bonds is 7. The van der Waals surface area contributed by atoms with Gasteiger partial charge in [-0.15, -0.1) is 0 Å². The molecule has 1 aliphatic rings. The zero-order valence-electron chi connectivity index (χ0n) is 12.7. The molecule has 1 saturated carbocycles. The topological polar surface area (TPSA) is 36.3 Å². The first kappa shape index (κ1) is 15.0. The Balaban J connectivity index is 2.08. The van der Waals surface area contributed by atoms with Crippen LogP contribution in [0.2, 0.25) is 0 Å². The van der Waals surface area contributed by atoms with E-state index in [4.69, 9.17) is 10.00 Å². The van der Waals surface area contributed by atoms with E-state index in [2.05, 4.69) is 30.9 Å². The number of benzene rings is 1. The standard InChI is InChI=1S/C17H24N2O/c1-13-10-15(11-18)4-5-17(13)12-19(8-9-20-3)14(2)16-6-7-16/h4-5,10,14,16H,6-9,12H2,1-3H3. The van der Waals surface area contributed by atoms with Crippen LogP contribution in [-0.2, 0) is 11.3 Å². The summed E-state index contributed by atoms with van der Waals surface area (Å²) in [6.45, 7) is 7.09. The molecule has 0 aromatic heterocycles. The van der Waals surface area contributed by atoms with Crippen LogP contribution in [0, 0.1) is 24.2 Å². The molecule has 20 heavy (non-hydrogen) atoms. The molecular weight excluding hydrogens is 248 g/mol. The van der Waals surface area contributed by atoms with Gasteiger partial charge in [0.1, 0.15) is 0 Å². The fourth-order valence-corrected chi connectivity index (χ4v) is 2.67. The number of hydrogen-bond donors (Lipinski definition) is 0. The maximum Gasteiger partial charge on any atom is 0.0991 e. The molecule has 1 aliphatic carbocycles. The minimum absolute atomic E-state index is 0.611. The first-order valence-electron chi connectivity index (χ1n) is 7.38. The summed E-state index contributed by atoms with van der Waals surface area (Å²) in [4.78, 5) is 2.51. The van der Waals surface area contributed by atoms with Crippen LogP contribution < -0.4 is 0 Å². The average Bonchev–Trinajstić information content (AvgIpc) is 3.28. The predicted octanol–water partition coefficient (Wildman–Crippen LogP) is 3.11. The van der Waals surface area contributed by atoms with Crippen LogP contribution in [0.5, 0.6) is 0 Å². The third-order valence-corrected chi connectivity index (χ3v) is 4.31. The van der Waals surface area contributed by atoms with Crippen molar-refractivity contribution in [2.45, 2.75) is 39.3 Å². The lowest BCUT2D eigenvalue weighted by Gasteiger charge is -2.29. The number of nitriles is 1. The summed E-state index contributed by atoms with van der Waals surface area (Å²) in [6, 6.07) is 8.79. The van der Waals surface area contributed by atoms with Crippen molar-refractivity contribution in [2.75, 3.05) is 20.3 Å². The lowest BCUT2D eigenvalue weighted by atomic mass is 10.0. The van der Waals surface area contributed by atoms with Gasteiger partial charge < -0.3 is 4.74 Å². The van der Waals surface area contributed by atoms with Gasteiger partial charge in [-0.25, -0.2) is 0 Å². The largest absolute Gasteiger partial charge is 0.383 e. The van der Waals surface area contributed by atoms with Crippen LogP contribution in [0.3, 0.4) is 0 Å². The van der Waals surface area contributed by atoms with E-state index in [0.29, 0.717) is 6.04 Å². The quantitative estimate of drug-likeness (QED) is 0.765. The van der Waals surface area contributed by atoms with Crippen LogP contribution in [0.1, 0.15) is 36.5 Å². The van der Waals surface area contributed by atoms with Crippen molar-refractivity contribution in [3.05, 3.63) is 34.9 Å². The van der Waals surface area contributed by atoms with E-state index in [1.54, 1.807) is 7.11 Å². The highest BCUT2D eigenvalue weighted by Gasteiger charge is 2.31. The molecule has 3 heteroatoms. The van der Waals surface area contributed by atoms with Gasteiger partial charge in [0.05, 0.1) is 18.2 Å². The van der Waals surface area contributed by atoms with Crippen molar-refractivity contribution in [3.63, 3.8) is 0 Å². The molecule has 1 unspecified atom stereocenters. The summed E-state index contributed by atoms with van der Waals surface area (Å²) in [6.07, 6.45) is 2.72. The molecule has 1 aromatic rings. The number of hydrogen-bond acceptors (Lipinski definition) is 3. The molecule has 2 rings (SSSR count). The monoisotopic (exact) mass is 272 g/mol. The average molecular weight is 272 g/mol. The minimum atomic E-state index is 0.611. The van der Waals surface area contributed by atoms with Crippen molar-refractivity contribution < 1.29 is 4.74 Å². The molecule has 0 N–H and O–H groups in total. The Labute approximate surface area is 122 Å². The van der Waals surface area contributed by atoms with Crippen molar-refractivity contribution in [1.29, 1.82) is 5.26 Å². The Morgan fingerprint density at radius 2 is 2.20 bits per heavy atom. The lowest BCUT2D eigenvalue weighted by Crippen LogP contribution is -2.36. The molecule has 3 nitrogen and oxygen atoms in total. The molecular formula is C17H24N2O. The molecule has 0 heterocycles. The Hall–Kier alpha value is -1.37. The number of aryl methyl sites for hydroxylation is 1. The van der Waals surface area contributed by atoms with E-state index in [0.717, 1.165) is 31.2 Å². The summed E-state index contributed by atoms with van der Waals surface area (Å²) in [5, 5.41) is 8.94. The molecule has 1 fully saturated rings. The first-order valence-corrected chi connectivity index (χ1v) is 7.38. The van der Waals surface area contributed by atoms with Crippen LogP contribution in [0.4, 0.5) is 0 Å². The number of methoxy groups -OCH3 is 1. The summed E-state index contributed by atoms with van der Waals surface area (Å²) in [5.41, 5.74) is 3.26. The second-order valence-corrected chi connectivity index (χ2v) is 5.79. The normalized spacial score (nSPS) is 16.1. The first-order chi connectivity index (χ1) is 9.65. The molecule has 0 saturated heterocycles. The zero-order chi connectivity index (χ0) is 14.5. The second-order valence-electron chi connectivity index (χ2n) is 5.79. The van der Waals surface area contributed by atoms with Gasteiger partial charge in [0.2, 0.25) is 0 Å². The molecule has 0 aliphatic heterocycles. The highest BCUT2D eigenvalue weighted by molar-refractivity contribution is 5.37. The van der Waals surface area contributed by atoms with Crippen molar-refractivity contribution in [2.24, 2.45) is 5.92 Å². The fraction of sp³-hybridized carbons (Fsp3) is 0.588. The Kier molecular flexibility index (Phi) is 5.17. The maximum atomic E-state index is 8.94. The van der Waals surface area contributed by atoms with Gasteiger partial charge >= 0.3 is 0 Å². The second kappa shape index (κ2) is 6.88. The highest BCUT2D eigenvalue weighted by atomic mass is 16.5. The molecule has 0 spiro atoms. The van der Waals surface area contributed by atoms with Gasteiger partial charge in [-0.05, 0) is 55.9 Å². The van der Waals surface area contributed by atoms with Crippen LogP contribution in [-0.4, -0.2) is 31.2 Å². The number of nitrogens with zero attached hydrogens (tertiary/aromatic N) is 2. The van der Waals surface area contributed by atoms with Gasteiger partial charge in [0.15, 0.2) is 0 Å². The molecule has 0 amide bonds. The molecule has 1 aromatic carbocycles. The Morgan fingerprint density at radius 3 is 2.75 bits per heavy atom. The molecule has 1 atom stereocenters. The summed E-state index contributed by atoms with van der Waals surface area (Å²) in [7, 11) is 1.76. The Morgan fingerprint density at radius 1 is 1.45 bits per heavy atom. The minimum Gasteiger partial charge on any atom is -0.383 e. The van der Waals surface area contributed by atoms with Gasteiger partial charge in [-0.2, -0.15) is 5.26 Å². The molecule has 0 bridgehead atoms. The van der Waals surface area contributed by atoms with Gasteiger partial charge in [0.25, 0.3) is 0 Å². The smallest absolute Gasteiger partial charge is 0.0991 e. The predicted molar refractivity (Wildman–Crippen MR) is 80.4 cm³/mol. The third-order valence-electron chi connectivity index (χ3n) is 4.31. The maximum absolute atomic E-state index is 8.94. The summed E-state index contributed by atoms with van der Waals surface area (Å²) >= 11 is 0. The summed E-state index contributed by atoms with van der Waals surface area (Å²) < 4.78 is 5.24. The number of ether oxygens (including phenoxy) is 1. The van der Waals surface area contributed by atoms with Gasteiger partial charge in [-0.1, -0.05) is 6.07 Å². The highest BCUT2D eigenvalue weighted by Crippen LogP contribution is 2.35. The zero-order valence-corrected chi connectivity index (χ0v) is 12.7. The molecule has 0 radical (unpaired) electrons. The van der Waals surface area contributed by atoms with Gasteiger partial charge in [-0.3, -0.25) is 4.90 Å². The van der Waals surface area contributed by atoms with Crippen molar-refractivity contribution in [1.82, 2.24) is 4.90 Å². The van der Waals surface area contributed by atoms with E-state index < -0.39 is 0 Å². The van der Waals surface area contributed by atoms with Crippen LogP contribution in [0.15, 0.2) is 18.2 Å². The van der Waals surface area contributed by atoms with E-state index >= 15 is 0 Å². The fourth-order valence-electron chi connectivity index (χ4n) is 2.67. The van der Waals surface area contributed by atoms with Crippen LogP contribution >= 0.6 is 0 Å². The van der Waals surface area contributed by atoms with E-state index in [9.17, 15) is 0 Å². The van der Waals surface area contributed by atoms with E-state index in [1.807, 2.05) is 12.1 Å². The SMILES string of the molecule is COCCN(Cc1ccc(C#N)cc1C)C(C)C1CC1. The third kappa shape index (κ3) is 3.82. The van der Waals surface area contributed by atoms with E-state index in [1.165, 1.54) is 24.0 Å². The van der Waals surface area contributed by atoms with Gasteiger partial charge in [0, 0.05) is 26.2 Å². The van der Waals surface area contributed by atoms with Crippen LogP contribution in [0.25, 0.3) is 0 Å². The van der Waals surface area contributed by atoms with Crippen molar-refractivity contribution in [3.8, 4) is 6.07 Å². The summed E-state index contributed by atoms with van der Waals surface area (Å²) in [5.74, 6) is 0.852. The van der Waals surface area contributed by atoms with Crippen molar-refractivity contribution >= 4 is 0 Å². The molecule has 108 valence electrons. The van der Waals surface area contributed by atoms with E-state index in [-0.39, 0.29) is 0 Å². The lowest BCUT2D eigenvalue weighted by molar-refractivity contribution is 0.111.